The van der Waals surface area contributed by atoms with Crippen LogP contribution in [0.15, 0.2) is 36.6 Å². The van der Waals surface area contributed by atoms with Crippen LogP contribution in [0, 0.1) is 5.92 Å². The van der Waals surface area contributed by atoms with Gasteiger partial charge in [0.05, 0.1) is 0 Å². The summed E-state index contributed by atoms with van der Waals surface area (Å²) >= 11 is 0. The Balaban J connectivity index is 4.13. The van der Waals surface area contributed by atoms with Crippen molar-refractivity contribution in [2.45, 2.75) is 13.8 Å². The van der Waals surface area contributed by atoms with Gasteiger partial charge in [0, 0.05) is 5.70 Å². The minimum atomic E-state index is 0.457. The van der Waals surface area contributed by atoms with Crippen molar-refractivity contribution >= 4 is 0 Å². The highest BCUT2D eigenvalue weighted by Crippen LogP contribution is 2.08. The molecule has 0 aromatic rings. The Morgan fingerprint density at radius 3 is 2.30 bits per heavy atom. The number of hydrogen-bond acceptors (Lipinski definition) is 1. The van der Waals surface area contributed by atoms with Crippen LogP contribution in [0.5, 0.6) is 0 Å². The SMILES string of the molecule is C=C/C(N)=C\C(=C)C(C)C. The van der Waals surface area contributed by atoms with Crippen molar-refractivity contribution in [3.05, 3.63) is 36.6 Å². The van der Waals surface area contributed by atoms with Crippen molar-refractivity contribution < 1.29 is 0 Å². The first-order chi connectivity index (χ1) is 4.57. The van der Waals surface area contributed by atoms with Crippen molar-refractivity contribution in [1.82, 2.24) is 0 Å². The van der Waals surface area contributed by atoms with Gasteiger partial charge in [0.1, 0.15) is 0 Å². The monoisotopic (exact) mass is 137 g/mol. The van der Waals surface area contributed by atoms with Gasteiger partial charge in [-0.25, -0.2) is 0 Å². The van der Waals surface area contributed by atoms with E-state index in [4.69, 9.17) is 5.73 Å². The molecule has 0 aromatic heterocycles. The first kappa shape index (κ1) is 9.02. The Kier molecular flexibility index (Phi) is 3.55. The minimum Gasteiger partial charge on any atom is -0.399 e. The molecule has 0 aliphatic rings. The smallest absolute Gasteiger partial charge is 0.0310 e. The standard InChI is InChI=1S/C9H15N/c1-5-9(10)6-8(4)7(2)3/h5-7H,1,4,10H2,2-3H3/b9-6+. The summed E-state index contributed by atoms with van der Waals surface area (Å²) < 4.78 is 0. The summed E-state index contributed by atoms with van der Waals surface area (Å²) in [4.78, 5) is 0. The lowest BCUT2D eigenvalue weighted by atomic mass is 10.0. The molecule has 0 unspecified atom stereocenters. The van der Waals surface area contributed by atoms with Crippen molar-refractivity contribution in [3.8, 4) is 0 Å². The molecule has 0 spiro atoms. The molecule has 1 nitrogen and oxygen atoms in total. The number of hydrogen-bond donors (Lipinski definition) is 1. The highest BCUT2D eigenvalue weighted by atomic mass is 14.5. The average Bonchev–Trinajstić information content (AvgIpc) is 1.87. The predicted octanol–water partition coefficient (Wildman–Crippen LogP) is 2.23. The molecule has 2 N–H and O–H groups in total. The molecule has 0 saturated carbocycles. The molecule has 0 amide bonds. The molecule has 10 heavy (non-hydrogen) atoms. The van der Waals surface area contributed by atoms with Crippen LogP contribution in [0.3, 0.4) is 0 Å². The zero-order valence-electron chi connectivity index (χ0n) is 6.72. The fourth-order valence-electron chi connectivity index (χ4n) is 0.440. The van der Waals surface area contributed by atoms with Gasteiger partial charge in [-0.3, -0.25) is 0 Å². The second-order valence-corrected chi connectivity index (χ2v) is 2.58. The Hall–Kier alpha value is -0.980. The van der Waals surface area contributed by atoms with Gasteiger partial charge in [0.2, 0.25) is 0 Å². The first-order valence-corrected chi connectivity index (χ1v) is 3.36. The van der Waals surface area contributed by atoms with E-state index in [9.17, 15) is 0 Å². The molecule has 0 aliphatic heterocycles. The Morgan fingerprint density at radius 1 is 1.50 bits per heavy atom. The zero-order chi connectivity index (χ0) is 8.15. The Labute approximate surface area is 62.9 Å². The molecule has 0 aliphatic carbocycles. The second-order valence-electron chi connectivity index (χ2n) is 2.58. The van der Waals surface area contributed by atoms with Gasteiger partial charge in [-0.1, -0.05) is 32.6 Å². The topological polar surface area (TPSA) is 26.0 Å². The van der Waals surface area contributed by atoms with Crippen LogP contribution in [-0.2, 0) is 0 Å². The molecule has 56 valence electrons. The van der Waals surface area contributed by atoms with Gasteiger partial charge in [-0.15, -0.1) is 0 Å². The van der Waals surface area contributed by atoms with Crippen LogP contribution < -0.4 is 5.73 Å². The van der Waals surface area contributed by atoms with Gasteiger partial charge in [-0.05, 0) is 18.1 Å². The molecule has 0 atom stereocenters. The van der Waals surface area contributed by atoms with E-state index in [2.05, 4.69) is 27.0 Å². The average molecular weight is 137 g/mol. The molecule has 1 heteroatoms. The third kappa shape index (κ3) is 3.13. The summed E-state index contributed by atoms with van der Waals surface area (Å²) in [6.45, 7) is 11.5. The lowest BCUT2D eigenvalue weighted by Crippen LogP contribution is -1.96. The van der Waals surface area contributed by atoms with Crippen molar-refractivity contribution in [1.29, 1.82) is 0 Å². The Morgan fingerprint density at radius 2 is 2.00 bits per heavy atom. The van der Waals surface area contributed by atoms with Gasteiger partial charge in [-0.2, -0.15) is 0 Å². The van der Waals surface area contributed by atoms with Gasteiger partial charge >= 0.3 is 0 Å². The molecule has 0 aromatic carbocycles. The summed E-state index contributed by atoms with van der Waals surface area (Å²) in [6, 6.07) is 0. The molecule has 0 rings (SSSR count). The normalized spacial score (nSPS) is 11.7. The lowest BCUT2D eigenvalue weighted by Gasteiger charge is -2.03. The van der Waals surface area contributed by atoms with Crippen molar-refractivity contribution in [2.75, 3.05) is 0 Å². The molecule has 0 radical (unpaired) electrons. The fourth-order valence-corrected chi connectivity index (χ4v) is 0.440. The number of nitrogens with two attached hydrogens (primary N) is 1. The van der Waals surface area contributed by atoms with Crippen LogP contribution >= 0.6 is 0 Å². The largest absolute Gasteiger partial charge is 0.399 e. The zero-order valence-corrected chi connectivity index (χ0v) is 6.72. The highest BCUT2D eigenvalue weighted by Gasteiger charge is 1.94. The molecule has 0 bridgehead atoms. The van der Waals surface area contributed by atoms with Crippen LogP contribution in [0.25, 0.3) is 0 Å². The van der Waals surface area contributed by atoms with E-state index in [1.807, 2.05) is 6.08 Å². The van der Waals surface area contributed by atoms with Gasteiger partial charge in [0.25, 0.3) is 0 Å². The van der Waals surface area contributed by atoms with E-state index in [0.717, 1.165) is 5.57 Å². The summed E-state index contributed by atoms with van der Waals surface area (Å²) in [7, 11) is 0. The second kappa shape index (κ2) is 3.94. The fraction of sp³-hybridized carbons (Fsp3) is 0.333. The lowest BCUT2D eigenvalue weighted by molar-refractivity contribution is 0.793. The van der Waals surface area contributed by atoms with Crippen molar-refractivity contribution in [3.63, 3.8) is 0 Å². The maximum Gasteiger partial charge on any atom is 0.0310 e. The molecule has 0 heterocycles. The highest BCUT2D eigenvalue weighted by molar-refractivity contribution is 5.25. The van der Waals surface area contributed by atoms with E-state index < -0.39 is 0 Å². The van der Waals surface area contributed by atoms with Crippen LogP contribution in [0.1, 0.15) is 13.8 Å². The maximum atomic E-state index is 5.49. The van der Waals surface area contributed by atoms with Gasteiger partial charge in [0.15, 0.2) is 0 Å². The summed E-state index contributed by atoms with van der Waals surface area (Å²) in [5.41, 5.74) is 7.21. The minimum absolute atomic E-state index is 0.457. The summed E-state index contributed by atoms with van der Waals surface area (Å²) in [6.07, 6.45) is 3.46. The van der Waals surface area contributed by atoms with E-state index >= 15 is 0 Å². The van der Waals surface area contributed by atoms with E-state index in [0.29, 0.717) is 11.6 Å². The third-order valence-electron chi connectivity index (χ3n) is 1.33. The molecular weight excluding hydrogens is 122 g/mol. The van der Waals surface area contributed by atoms with E-state index in [-0.39, 0.29) is 0 Å². The molecular formula is C9H15N. The molecule has 0 fully saturated rings. The number of rotatable bonds is 3. The summed E-state index contributed by atoms with van der Waals surface area (Å²) in [5.74, 6) is 0.457. The van der Waals surface area contributed by atoms with Crippen LogP contribution in [0.4, 0.5) is 0 Å². The first-order valence-electron chi connectivity index (χ1n) is 3.36. The summed E-state index contributed by atoms with van der Waals surface area (Å²) in [5, 5.41) is 0. The van der Waals surface area contributed by atoms with Crippen LogP contribution in [-0.4, -0.2) is 0 Å². The Bertz CT molecular complexity index is 164. The quantitative estimate of drug-likeness (QED) is 0.593. The number of allylic oxidation sites excluding steroid dienone is 3. The van der Waals surface area contributed by atoms with Crippen molar-refractivity contribution in [2.24, 2.45) is 11.7 Å². The van der Waals surface area contributed by atoms with Gasteiger partial charge < -0.3 is 5.73 Å². The van der Waals surface area contributed by atoms with E-state index in [1.54, 1.807) is 6.08 Å². The molecule has 0 saturated heterocycles. The third-order valence-corrected chi connectivity index (χ3v) is 1.33. The predicted molar refractivity (Wildman–Crippen MR) is 46.4 cm³/mol. The van der Waals surface area contributed by atoms with E-state index in [1.165, 1.54) is 0 Å². The van der Waals surface area contributed by atoms with Crippen LogP contribution in [0.2, 0.25) is 0 Å². The maximum absolute atomic E-state index is 5.49.